The molecule has 0 saturated heterocycles. The van der Waals surface area contributed by atoms with Crippen LogP contribution in [-0.2, 0) is 26.2 Å². The number of esters is 1. The minimum atomic E-state index is -3.72. The Kier molecular flexibility index (Phi) is 4.15. The van der Waals surface area contributed by atoms with Crippen LogP contribution in [0.15, 0.2) is 59.6 Å². The van der Waals surface area contributed by atoms with E-state index in [1.54, 1.807) is 36.4 Å². The summed E-state index contributed by atoms with van der Waals surface area (Å²) >= 11 is 0. The number of carbonyl (C=O) groups excluding carboxylic acids is 1. The lowest BCUT2D eigenvalue weighted by Gasteiger charge is -2.07. The van der Waals surface area contributed by atoms with Gasteiger partial charge in [0, 0.05) is 24.1 Å². The van der Waals surface area contributed by atoms with Crippen LogP contribution in [0.3, 0.4) is 0 Å². The number of para-hydroxylation sites is 1. The molecule has 24 heavy (non-hydrogen) atoms. The van der Waals surface area contributed by atoms with Gasteiger partial charge in [0.2, 0.25) is 0 Å². The highest BCUT2D eigenvalue weighted by molar-refractivity contribution is 7.90. The molecule has 6 heteroatoms. The second-order valence-electron chi connectivity index (χ2n) is 5.57. The molecule has 0 unspecified atom stereocenters. The quantitative estimate of drug-likeness (QED) is 0.682. The van der Waals surface area contributed by atoms with Gasteiger partial charge in [-0.15, -0.1) is 0 Å². The molecule has 0 aliphatic carbocycles. The monoisotopic (exact) mass is 343 g/mol. The molecule has 124 valence electrons. The van der Waals surface area contributed by atoms with Crippen LogP contribution in [-0.4, -0.2) is 18.4 Å². The van der Waals surface area contributed by atoms with E-state index in [1.807, 2.05) is 19.1 Å². The highest BCUT2D eigenvalue weighted by Crippen LogP contribution is 2.26. The van der Waals surface area contributed by atoms with E-state index >= 15 is 0 Å². The van der Waals surface area contributed by atoms with Crippen LogP contribution in [0.2, 0.25) is 0 Å². The maximum Gasteiger partial charge on any atom is 0.302 e. The zero-order chi connectivity index (χ0) is 17.3. The van der Waals surface area contributed by atoms with Crippen LogP contribution >= 0.6 is 0 Å². The molecule has 3 rings (SSSR count). The lowest BCUT2D eigenvalue weighted by Crippen LogP contribution is -2.11. The number of aromatic nitrogens is 1. The summed E-state index contributed by atoms with van der Waals surface area (Å²) in [4.78, 5) is 11.3. The first-order chi connectivity index (χ1) is 11.4. The maximum atomic E-state index is 13.0. The molecule has 0 N–H and O–H groups in total. The fourth-order valence-electron chi connectivity index (χ4n) is 2.54. The molecule has 5 nitrogen and oxygen atoms in total. The first-order valence-electron chi connectivity index (χ1n) is 7.44. The molecule has 0 saturated carbocycles. The van der Waals surface area contributed by atoms with Crippen molar-refractivity contribution in [1.29, 1.82) is 0 Å². The summed E-state index contributed by atoms with van der Waals surface area (Å²) < 4.78 is 32.2. The molecule has 0 radical (unpaired) electrons. The number of rotatable bonds is 4. The highest BCUT2D eigenvalue weighted by atomic mass is 32.2. The molecule has 0 atom stereocenters. The van der Waals surface area contributed by atoms with Gasteiger partial charge in [0.05, 0.1) is 10.4 Å². The summed E-state index contributed by atoms with van der Waals surface area (Å²) in [7, 11) is -3.72. The summed E-state index contributed by atoms with van der Waals surface area (Å²) in [6, 6.07) is 13.8. The Hall–Kier alpha value is -2.60. The summed E-state index contributed by atoms with van der Waals surface area (Å²) in [5.41, 5.74) is 2.19. The smallest absolute Gasteiger partial charge is 0.302 e. The third-order valence-corrected chi connectivity index (χ3v) is 5.46. The molecule has 1 aromatic heterocycles. The van der Waals surface area contributed by atoms with Crippen LogP contribution < -0.4 is 0 Å². The van der Waals surface area contributed by atoms with Gasteiger partial charge in [0.15, 0.2) is 0 Å². The Morgan fingerprint density at radius 3 is 2.42 bits per heavy atom. The molecule has 1 heterocycles. The van der Waals surface area contributed by atoms with Gasteiger partial charge in [-0.2, -0.15) is 0 Å². The number of aryl methyl sites for hydroxylation is 1. The Balaban J connectivity index is 2.15. The van der Waals surface area contributed by atoms with Gasteiger partial charge in [-0.05, 0) is 25.1 Å². The van der Waals surface area contributed by atoms with Gasteiger partial charge in [-0.25, -0.2) is 12.4 Å². The van der Waals surface area contributed by atoms with Crippen molar-refractivity contribution in [3.63, 3.8) is 0 Å². The average molecular weight is 343 g/mol. The maximum absolute atomic E-state index is 13.0. The first-order valence-corrected chi connectivity index (χ1v) is 8.88. The fourth-order valence-corrected chi connectivity index (χ4v) is 3.93. The van der Waals surface area contributed by atoms with Crippen LogP contribution in [0.25, 0.3) is 10.9 Å². The lowest BCUT2D eigenvalue weighted by atomic mass is 10.2. The summed E-state index contributed by atoms with van der Waals surface area (Å²) in [6.07, 6.45) is 1.52. The standard InChI is InChI=1S/C18H17NO4S/c1-13-7-9-16(10-8-13)24(21,22)19-11-15(12-23-14(2)20)17-5-3-4-6-18(17)19/h3-11H,12H2,1-2H3. The van der Waals surface area contributed by atoms with Crippen molar-refractivity contribution >= 4 is 26.9 Å². The van der Waals surface area contributed by atoms with E-state index in [0.717, 1.165) is 10.9 Å². The van der Waals surface area contributed by atoms with Crippen molar-refractivity contribution in [2.24, 2.45) is 0 Å². The zero-order valence-electron chi connectivity index (χ0n) is 13.4. The lowest BCUT2D eigenvalue weighted by molar-refractivity contribution is -0.142. The molecule has 0 fully saturated rings. The minimum absolute atomic E-state index is 0.0340. The second-order valence-corrected chi connectivity index (χ2v) is 7.38. The molecule has 0 amide bonds. The summed E-state index contributed by atoms with van der Waals surface area (Å²) in [5.74, 6) is -0.409. The second kappa shape index (κ2) is 6.13. The van der Waals surface area contributed by atoms with Crippen LogP contribution in [0.1, 0.15) is 18.1 Å². The van der Waals surface area contributed by atoms with Gasteiger partial charge < -0.3 is 4.74 Å². The Labute approximate surface area is 140 Å². The van der Waals surface area contributed by atoms with Gasteiger partial charge in [0.25, 0.3) is 10.0 Å². The number of ether oxygens (including phenoxy) is 1. The van der Waals surface area contributed by atoms with Crippen molar-refractivity contribution < 1.29 is 17.9 Å². The number of nitrogens with zero attached hydrogens (tertiary/aromatic N) is 1. The largest absolute Gasteiger partial charge is 0.461 e. The molecule has 0 bridgehead atoms. The van der Waals surface area contributed by atoms with Crippen LogP contribution in [0.4, 0.5) is 0 Å². The SMILES string of the molecule is CC(=O)OCc1cn(S(=O)(=O)c2ccc(C)cc2)c2ccccc12. The predicted octanol–water partition coefficient (Wildman–Crippen LogP) is 3.25. The minimum Gasteiger partial charge on any atom is -0.461 e. The average Bonchev–Trinajstić information content (AvgIpc) is 2.93. The fraction of sp³-hybridized carbons (Fsp3) is 0.167. The molecule has 0 spiro atoms. The van der Waals surface area contributed by atoms with Crippen molar-refractivity contribution in [2.45, 2.75) is 25.3 Å². The number of hydrogen-bond acceptors (Lipinski definition) is 4. The number of carbonyl (C=O) groups is 1. The number of benzene rings is 2. The van der Waals surface area contributed by atoms with Crippen molar-refractivity contribution in [2.75, 3.05) is 0 Å². The first kappa shape index (κ1) is 16.3. The molecular formula is C18H17NO4S. The molecule has 0 aliphatic rings. The molecular weight excluding hydrogens is 326 g/mol. The van der Waals surface area contributed by atoms with Crippen LogP contribution in [0, 0.1) is 6.92 Å². The summed E-state index contributed by atoms with van der Waals surface area (Å²) in [5, 5.41) is 0.745. The van der Waals surface area contributed by atoms with Gasteiger partial charge in [-0.3, -0.25) is 4.79 Å². The Bertz CT molecular complexity index is 1000. The highest BCUT2D eigenvalue weighted by Gasteiger charge is 2.21. The number of hydrogen-bond donors (Lipinski definition) is 0. The van der Waals surface area contributed by atoms with E-state index in [-0.39, 0.29) is 11.5 Å². The normalized spacial score (nSPS) is 11.6. The molecule has 2 aromatic carbocycles. The third kappa shape index (κ3) is 2.92. The van der Waals surface area contributed by atoms with Crippen molar-refractivity contribution in [1.82, 2.24) is 3.97 Å². The van der Waals surface area contributed by atoms with Crippen LogP contribution in [0.5, 0.6) is 0 Å². The van der Waals surface area contributed by atoms with Crippen molar-refractivity contribution in [3.8, 4) is 0 Å². The van der Waals surface area contributed by atoms with Gasteiger partial charge in [0.1, 0.15) is 6.61 Å². The zero-order valence-corrected chi connectivity index (χ0v) is 14.2. The van der Waals surface area contributed by atoms with E-state index in [9.17, 15) is 13.2 Å². The topological polar surface area (TPSA) is 65.4 Å². The Morgan fingerprint density at radius 2 is 1.75 bits per heavy atom. The van der Waals surface area contributed by atoms with E-state index in [1.165, 1.54) is 17.1 Å². The van der Waals surface area contributed by atoms with Crippen molar-refractivity contribution in [3.05, 3.63) is 65.9 Å². The van der Waals surface area contributed by atoms with E-state index in [2.05, 4.69) is 0 Å². The number of fused-ring (bicyclic) bond motifs is 1. The van der Waals surface area contributed by atoms with E-state index in [0.29, 0.717) is 11.1 Å². The van der Waals surface area contributed by atoms with E-state index in [4.69, 9.17) is 4.74 Å². The Morgan fingerprint density at radius 1 is 1.08 bits per heavy atom. The third-order valence-electron chi connectivity index (χ3n) is 3.77. The predicted molar refractivity (Wildman–Crippen MR) is 91.2 cm³/mol. The summed E-state index contributed by atoms with van der Waals surface area (Å²) in [6.45, 7) is 3.26. The molecule has 3 aromatic rings. The molecule has 0 aliphatic heterocycles. The van der Waals surface area contributed by atoms with E-state index < -0.39 is 16.0 Å². The van der Waals surface area contributed by atoms with Gasteiger partial charge in [-0.1, -0.05) is 35.9 Å². The van der Waals surface area contributed by atoms with Gasteiger partial charge >= 0.3 is 5.97 Å².